The predicted molar refractivity (Wildman–Crippen MR) is 77.3 cm³/mol. The summed E-state index contributed by atoms with van der Waals surface area (Å²) in [6.45, 7) is 0. The number of aliphatic hydroxyl groups is 1. The summed E-state index contributed by atoms with van der Waals surface area (Å²) >= 11 is 0. The highest BCUT2D eigenvalue weighted by Gasteiger charge is 2.33. The van der Waals surface area contributed by atoms with Gasteiger partial charge >= 0.3 is 5.97 Å². The molecule has 0 aromatic heterocycles. The summed E-state index contributed by atoms with van der Waals surface area (Å²) < 4.78 is 4.93. The lowest BCUT2D eigenvalue weighted by atomic mass is 9.96. The van der Waals surface area contributed by atoms with Crippen molar-refractivity contribution in [3.8, 4) is 5.75 Å². The lowest BCUT2D eigenvalue weighted by Gasteiger charge is -2.08. The molecule has 1 heterocycles. The molecule has 106 valence electrons. The second-order valence-electron chi connectivity index (χ2n) is 4.86. The monoisotopic (exact) mass is 282 g/mol. The molecule has 3 rings (SSSR count). The van der Waals surface area contributed by atoms with Crippen LogP contribution in [0.2, 0.25) is 0 Å². The van der Waals surface area contributed by atoms with Crippen LogP contribution in [0.15, 0.2) is 60.2 Å². The van der Waals surface area contributed by atoms with Crippen LogP contribution in [0.4, 0.5) is 0 Å². The van der Waals surface area contributed by atoms with Gasteiger partial charge in [0, 0.05) is 12.0 Å². The van der Waals surface area contributed by atoms with E-state index in [1.165, 1.54) is 0 Å². The summed E-state index contributed by atoms with van der Waals surface area (Å²) in [6.07, 6.45) is -0.882. The Bertz CT molecular complexity index is 686. The van der Waals surface area contributed by atoms with E-state index in [1.54, 1.807) is 24.3 Å². The normalized spacial score (nSPS) is 18.0. The van der Waals surface area contributed by atoms with Crippen molar-refractivity contribution in [2.45, 2.75) is 12.7 Å². The molecule has 4 heteroatoms. The van der Waals surface area contributed by atoms with Crippen LogP contribution in [0.25, 0.3) is 5.57 Å². The number of benzene rings is 2. The van der Waals surface area contributed by atoms with Crippen LogP contribution in [0.5, 0.6) is 5.75 Å². The molecule has 0 radical (unpaired) electrons. The van der Waals surface area contributed by atoms with E-state index >= 15 is 0 Å². The van der Waals surface area contributed by atoms with Crippen molar-refractivity contribution in [1.82, 2.24) is 0 Å². The van der Waals surface area contributed by atoms with Crippen molar-refractivity contribution in [1.29, 1.82) is 0 Å². The molecule has 0 aliphatic carbocycles. The van der Waals surface area contributed by atoms with E-state index in [2.05, 4.69) is 0 Å². The minimum Gasteiger partial charge on any atom is -0.508 e. The summed E-state index contributed by atoms with van der Waals surface area (Å²) in [5, 5.41) is 19.3. The molecular formula is C17H14O4. The largest absolute Gasteiger partial charge is 0.508 e. The number of ether oxygens (including phenoxy) is 1. The van der Waals surface area contributed by atoms with Crippen LogP contribution >= 0.6 is 0 Å². The number of cyclic esters (lactones) is 1. The van der Waals surface area contributed by atoms with Gasteiger partial charge in [-0.25, -0.2) is 4.79 Å². The average Bonchev–Trinajstić information content (AvgIpc) is 2.76. The maximum atomic E-state index is 12.0. The Morgan fingerprint density at radius 3 is 2.33 bits per heavy atom. The number of carbonyl (C=O) groups is 1. The highest BCUT2D eigenvalue weighted by atomic mass is 16.6. The fourth-order valence-corrected chi connectivity index (χ4v) is 2.41. The minimum absolute atomic E-state index is 0.171. The highest BCUT2D eigenvalue weighted by molar-refractivity contribution is 6.02. The third-order valence-electron chi connectivity index (χ3n) is 3.44. The van der Waals surface area contributed by atoms with Crippen molar-refractivity contribution >= 4 is 11.5 Å². The van der Waals surface area contributed by atoms with E-state index in [0.29, 0.717) is 17.6 Å². The maximum Gasteiger partial charge on any atom is 0.337 e. The van der Waals surface area contributed by atoms with E-state index in [-0.39, 0.29) is 5.75 Å². The number of aromatic hydroxyl groups is 1. The topological polar surface area (TPSA) is 66.8 Å². The lowest BCUT2D eigenvalue weighted by molar-refractivity contribution is -0.150. The fourth-order valence-electron chi connectivity index (χ4n) is 2.41. The molecular weight excluding hydrogens is 268 g/mol. The zero-order valence-electron chi connectivity index (χ0n) is 11.2. The van der Waals surface area contributed by atoms with Gasteiger partial charge in [0.05, 0.1) is 5.57 Å². The first-order valence-electron chi connectivity index (χ1n) is 6.60. The van der Waals surface area contributed by atoms with Crippen molar-refractivity contribution in [3.05, 3.63) is 71.3 Å². The summed E-state index contributed by atoms with van der Waals surface area (Å²) in [5.41, 5.74) is 2.58. The van der Waals surface area contributed by atoms with E-state index in [9.17, 15) is 15.0 Å². The number of phenols is 1. The van der Waals surface area contributed by atoms with Crippen LogP contribution in [0.3, 0.4) is 0 Å². The number of hydrogen-bond donors (Lipinski definition) is 2. The van der Waals surface area contributed by atoms with Crippen LogP contribution in [-0.2, 0) is 16.0 Å². The molecule has 1 aliphatic heterocycles. The summed E-state index contributed by atoms with van der Waals surface area (Å²) in [5.74, 6) is -0.334. The Balaban J connectivity index is 2.01. The first-order chi connectivity index (χ1) is 10.1. The molecule has 2 N–H and O–H groups in total. The minimum atomic E-state index is -1.23. The van der Waals surface area contributed by atoms with Crippen molar-refractivity contribution in [3.63, 3.8) is 0 Å². The van der Waals surface area contributed by atoms with Gasteiger partial charge in [-0.1, -0.05) is 42.5 Å². The molecule has 0 bridgehead atoms. The third kappa shape index (κ3) is 2.66. The molecule has 0 amide bonds. The Morgan fingerprint density at radius 2 is 1.67 bits per heavy atom. The zero-order chi connectivity index (χ0) is 14.8. The van der Waals surface area contributed by atoms with E-state index < -0.39 is 12.3 Å². The SMILES string of the molecule is O=C1OC(O)C(c2ccccc2)=C1Cc1ccc(O)cc1. The molecule has 4 nitrogen and oxygen atoms in total. The van der Waals surface area contributed by atoms with Gasteiger partial charge in [0.1, 0.15) is 5.75 Å². The number of aliphatic hydroxyl groups excluding tert-OH is 1. The van der Waals surface area contributed by atoms with E-state index in [1.807, 2.05) is 30.3 Å². The molecule has 0 saturated heterocycles. The summed E-state index contributed by atoms with van der Waals surface area (Å²) in [7, 11) is 0. The molecule has 1 atom stereocenters. The number of rotatable bonds is 3. The van der Waals surface area contributed by atoms with E-state index in [4.69, 9.17) is 4.74 Å². The zero-order valence-corrected chi connectivity index (χ0v) is 11.2. The number of hydrogen-bond acceptors (Lipinski definition) is 4. The maximum absolute atomic E-state index is 12.0. The van der Waals surface area contributed by atoms with Crippen LogP contribution in [0.1, 0.15) is 11.1 Å². The smallest absolute Gasteiger partial charge is 0.337 e. The van der Waals surface area contributed by atoms with Gasteiger partial charge in [0.2, 0.25) is 6.29 Å². The quantitative estimate of drug-likeness (QED) is 0.847. The number of esters is 1. The standard InChI is InChI=1S/C17H14O4/c18-13-8-6-11(7-9-13)10-14-15(17(20)21-16(14)19)12-4-2-1-3-5-12/h1-9,17-18,20H,10H2. The lowest BCUT2D eigenvalue weighted by Crippen LogP contribution is -2.09. The van der Waals surface area contributed by atoms with Crippen molar-refractivity contribution in [2.24, 2.45) is 0 Å². The number of carbonyl (C=O) groups excluding carboxylic acids is 1. The van der Waals surface area contributed by atoms with Gasteiger partial charge in [-0.2, -0.15) is 0 Å². The second kappa shape index (κ2) is 5.42. The second-order valence-corrected chi connectivity index (χ2v) is 4.86. The first-order valence-corrected chi connectivity index (χ1v) is 6.60. The molecule has 0 fully saturated rings. The summed E-state index contributed by atoms with van der Waals surface area (Å²) in [6, 6.07) is 15.8. The average molecular weight is 282 g/mol. The first kappa shape index (κ1) is 13.4. The van der Waals surface area contributed by atoms with Crippen LogP contribution in [0, 0.1) is 0 Å². The Labute approximate surface area is 121 Å². The van der Waals surface area contributed by atoms with Gasteiger partial charge in [0.25, 0.3) is 0 Å². The number of phenolic OH excluding ortho intramolecular Hbond substituents is 1. The molecule has 0 saturated carbocycles. The summed E-state index contributed by atoms with van der Waals surface area (Å²) in [4.78, 5) is 12.0. The third-order valence-corrected chi connectivity index (χ3v) is 3.44. The van der Waals surface area contributed by atoms with Gasteiger partial charge in [0.15, 0.2) is 0 Å². The Kier molecular flexibility index (Phi) is 3.46. The van der Waals surface area contributed by atoms with Crippen LogP contribution in [-0.4, -0.2) is 22.5 Å². The molecule has 2 aromatic carbocycles. The van der Waals surface area contributed by atoms with Gasteiger partial charge in [-0.3, -0.25) is 0 Å². The molecule has 2 aromatic rings. The molecule has 1 unspecified atom stereocenters. The predicted octanol–water partition coefficient (Wildman–Crippen LogP) is 2.26. The van der Waals surface area contributed by atoms with Gasteiger partial charge in [-0.15, -0.1) is 0 Å². The van der Waals surface area contributed by atoms with Gasteiger partial charge in [-0.05, 0) is 23.3 Å². The van der Waals surface area contributed by atoms with Crippen molar-refractivity contribution < 1.29 is 19.7 Å². The van der Waals surface area contributed by atoms with Gasteiger partial charge < -0.3 is 14.9 Å². The Morgan fingerprint density at radius 1 is 1.00 bits per heavy atom. The molecule has 0 spiro atoms. The molecule has 21 heavy (non-hydrogen) atoms. The van der Waals surface area contributed by atoms with Crippen molar-refractivity contribution in [2.75, 3.05) is 0 Å². The van der Waals surface area contributed by atoms with E-state index in [0.717, 1.165) is 11.1 Å². The van der Waals surface area contributed by atoms with Crippen LogP contribution < -0.4 is 0 Å². The highest BCUT2D eigenvalue weighted by Crippen LogP contribution is 2.32. The Hall–Kier alpha value is -2.59. The fraction of sp³-hybridized carbons (Fsp3) is 0.118. The molecule has 1 aliphatic rings.